The Bertz CT molecular complexity index is 363. The lowest BCUT2D eigenvalue weighted by Gasteiger charge is -2.22. The molecule has 0 bridgehead atoms. The predicted molar refractivity (Wildman–Crippen MR) is 75.1 cm³/mol. The van der Waals surface area contributed by atoms with Crippen LogP contribution in [0.25, 0.3) is 0 Å². The first-order chi connectivity index (χ1) is 8.72. The van der Waals surface area contributed by atoms with Crippen molar-refractivity contribution in [1.29, 1.82) is 0 Å². The van der Waals surface area contributed by atoms with E-state index in [4.69, 9.17) is 4.74 Å². The van der Waals surface area contributed by atoms with E-state index in [1.54, 1.807) is 7.11 Å². The van der Waals surface area contributed by atoms with Crippen LogP contribution >= 0.6 is 0 Å². The molecule has 1 fully saturated rings. The maximum Gasteiger partial charge on any atom is 0.118 e. The smallest absolute Gasteiger partial charge is 0.118 e. The highest BCUT2D eigenvalue weighted by atomic mass is 16.5. The highest BCUT2D eigenvalue weighted by molar-refractivity contribution is 5.29. The van der Waals surface area contributed by atoms with E-state index in [2.05, 4.69) is 36.3 Å². The molecule has 1 aromatic carbocycles. The lowest BCUT2D eigenvalue weighted by molar-refractivity contribution is 0.378. The lowest BCUT2D eigenvalue weighted by atomic mass is 10.0. The molecule has 2 unspecified atom stereocenters. The van der Waals surface area contributed by atoms with Crippen molar-refractivity contribution < 1.29 is 4.74 Å². The summed E-state index contributed by atoms with van der Waals surface area (Å²) in [7, 11) is 3.90. The standard InChI is InChI=1S/C15H24N2O/c1-4-15(16-13-9-10-17(2)11-13)12-5-7-14(18-3)8-6-12/h5-8,13,15-16H,4,9-11H2,1-3H3. The van der Waals surface area contributed by atoms with E-state index in [9.17, 15) is 0 Å². The number of likely N-dealkylation sites (tertiary alicyclic amines) is 1. The Morgan fingerprint density at radius 3 is 2.61 bits per heavy atom. The molecule has 2 atom stereocenters. The van der Waals surface area contributed by atoms with Crippen LogP contribution in [0.2, 0.25) is 0 Å². The van der Waals surface area contributed by atoms with Gasteiger partial charge in [0, 0.05) is 18.6 Å². The summed E-state index contributed by atoms with van der Waals surface area (Å²) in [5, 5.41) is 3.77. The molecular formula is C15H24N2O. The van der Waals surface area contributed by atoms with Crippen molar-refractivity contribution in [3.05, 3.63) is 29.8 Å². The van der Waals surface area contributed by atoms with Gasteiger partial charge in [-0.1, -0.05) is 19.1 Å². The molecule has 0 amide bonds. The van der Waals surface area contributed by atoms with Gasteiger partial charge in [0.1, 0.15) is 5.75 Å². The predicted octanol–water partition coefficient (Wildman–Crippen LogP) is 2.44. The topological polar surface area (TPSA) is 24.5 Å². The number of methoxy groups -OCH3 is 1. The Labute approximate surface area is 110 Å². The maximum absolute atomic E-state index is 5.20. The van der Waals surface area contributed by atoms with Crippen LogP contribution in [0.4, 0.5) is 0 Å². The van der Waals surface area contributed by atoms with Gasteiger partial charge in [-0.25, -0.2) is 0 Å². The Morgan fingerprint density at radius 2 is 2.11 bits per heavy atom. The summed E-state index contributed by atoms with van der Waals surface area (Å²) in [5.74, 6) is 0.925. The summed E-state index contributed by atoms with van der Waals surface area (Å²) in [6.07, 6.45) is 2.37. The lowest BCUT2D eigenvalue weighted by Crippen LogP contribution is -2.34. The summed E-state index contributed by atoms with van der Waals surface area (Å²) in [4.78, 5) is 2.39. The molecule has 1 heterocycles. The third kappa shape index (κ3) is 3.24. The molecule has 3 nitrogen and oxygen atoms in total. The number of ether oxygens (including phenoxy) is 1. The molecule has 18 heavy (non-hydrogen) atoms. The van der Waals surface area contributed by atoms with Crippen LogP contribution in [0, 0.1) is 0 Å². The molecular weight excluding hydrogens is 224 g/mol. The SMILES string of the molecule is CCC(NC1CCN(C)C1)c1ccc(OC)cc1. The quantitative estimate of drug-likeness (QED) is 0.866. The van der Waals surface area contributed by atoms with Gasteiger partial charge in [0.2, 0.25) is 0 Å². The van der Waals surface area contributed by atoms with Crippen molar-refractivity contribution in [2.45, 2.75) is 31.8 Å². The van der Waals surface area contributed by atoms with Crippen LogP contribution in [0.1, 0.15) is 31.4 Å². The number of benzene rings is 1. The number of nitrogens with one attached hydrogen (secondary N) is 1. The van der Waals surface area contributed by atoms with Crippen molar-refractivity contribution in [1.82, 2.24) is 10.2 Å². The largest absolute Gasteiger partial charge is 0.497 e. The van der Waals surface area contributed by atoms with E-state index in [-0.39, 0.29) is 0 Å². The van der Waals surface area contributed by atoms with E-state index in [1.807, 2.05) is 12.1 Å². The number of nitrogens with zero attached hydrogens (tertiary/aromatic N) is 1. The molecule has 0 spiro atoms. The zero-order chi connectivity index (χ0) is 13.0. The Kier molecular flexibility index (Phi) is 4.61. The third-order valence-electron chi connectivity index (χ3n) is 3.75. The molecule has 1 N–H and O–H groups in total. The number of hydrogen-bond donors (Lipinski definition) is 1. The molecule has 0 radical (unpaired) electrons. The molecule has 100 valence electrons. The first kappa shape index (κ1) is 13.4. The van der Waals surface area contributed by atoms with Gasteiger partial charge in [0.25, 0.3) is 0 Å². The summed E-state index contributed by atoms with van der Waals surface area (Å²) in [6, 6.07) is 9.49. The van der Waals surface area contributed by atoms with Crippen LogP contribution in [-0.4, -0.2) is 38.2 Å². The van der Waals surface area contributed by atoms with E-state index in [0.717, 1.165) is 18.7 Å². The Morgan fingerprint density at radius 1 is 1.39 bits per heavy atom. The molecule has 0 aromatic heterocycles. The van der Waals surface area contributed by atoms with E-state index in [1.165, 1.54) is 18.5 Å². The summed E-state index contributed by atoms with van der Waals surface area (Å²) in [6.45, 7) is 4.60. The average Bonchev–Trinajstić information content (AvgIpc) is 2.82. The van der Waals surface area contributed by atoms with Crippen molar-refractivity contribution >= 4 is 0 Å². The van der Waals surface area contributed by atoms with Gasteiger partial charge in [-0.2, -0.15) is 0 Å². The second-order valence-electron chi connectivity index (χ2n) is 5.15. The Hall–Kier alpha value is -1.06. The molecule has 0 saturated carbocycles. The van der Waals surface area contributed by atoms with Gasteiger partial charge in [-0.05, 0) is 44.1 Å². The van der Waals surface area contributed by atoms with Gasteiger partial charge in [-0.3, -0.25) is 0 Å². The first-order valence-electron chi connectivity index (χ1n) is 6.81. The Balaban J connectivity index is 1.98. The van der Waals surface area contributed by atoms with Crippen LogP contribution in [0.5, 0.6) is 5.75 Å². The summed E-state index contributed by atoms with van der Waals surface area (Å²) in [5.41, 5.74) is 1.35. The fourth-order valence-corrected chi connectivity index (χ4v) is 2.64. The number of hydrogen-bond acceptors (Lipinski definition) is 3. The van der Waals surface area contributed by atoms with Gasteiger partial charge in [0.05, 0.1) is 7.11 Å². The average molecular weight is 248 g/mol. The molecule has 3 heteroatoms. The van der Waals surface area contributed by atoms with Crippen molar-refractivity contribution in [3.8, 4) is 5.75 Å². The first-order valence-corrected chi connectivity index (χ1v) is 6.81. The van der Waals surface area contributed by atoms with Crippen LogP contribution in [0.3, 0.4) is 0 Å². The maximum atomic E-state index is 5.20. The number of rotatable bonds is 5. The van der Waals surface area contributed by atoms with E-state index in [0.29, 0.717) is 12.1 Å². The molecule has 1 aromatic rings. The van der Waals surface area contributed by atoms with Crippen LogP contribution < -0.4 is 10.1 Å². The molecule has 1 saturated heterocycles. The third-order valence-corrected chi connectivity index (χ3v) is 3.75. The zero-order valence-corrected chi connectivity index (χ0v) is 11.6. The van der Waals surface area contributed by atoms with Gasteiger partial charge >= 0.3 is 0 Å². The van der Waals surface area contributed by atoms with Crippen molar-refractivity contribution in [2.75, 3.05) is 27.2 Å². The fraction of sp³-hybridized carbons (Fsp3) is 0.600. The fourth-order valence-electron chi connectivity index (χ4n) is 2.64. The highest BCUT2D eigenvalue weighted by Gasteiger charge is 2.22. The minimum absolute atomic E-state index is 0.451. The van der Waals surface area contributed by atoms with Crippen molar-refractivity contribution in [2.24, 2.45) is 0 Å². The van der Waals surface area contributed by atoms with Crippen molar-refractivity contribution in [3.63, 3.8) is 0 Å². The molecule has 0 aliphatic carbocycles. The second-order valence-corrected chi connectivity index (χ2v) is 5.15. The van der Waals surface area contributed by atoms with Crippen LogP contribution in [0.15, 0.2) is 24.3 Å². The van der Waals surface area contributed by atoms with Crippen LogP contribution in [-0.2, 0) is 0 Å². The minimum atomic E-state index is 0.451. The van der Waals surface area contributed by atoms with Gasteiger partial charge in [0.15, 0.2) is 0 Å². The van der Waals surface area contributed by atoms with E-state index >= 15 is 0 Å². The minimum Gasteiger partial charge on any atom is -0.497 e. The molecule has 1 aliphatic rings. The molecule has 2 rings (SSSR count). The second kappa shape index (κ2) is 6.21. The molecule has 1 aliphatic heterocycles. The normalized spacial score (nSPS) is 22.1. The number of likely N-dealkylation sites (N-methyl/N-ethyl adjacent to an activating group) is 1. The van der Waals surface area contributed by atoms with E-state index < -0.39 is 0 Å². The summed E-state index contributed by atoms with van der Waals surface area (Å²) >= 11 is 0. The zero-order valence-electron chi connectivity index (χ0n) is 11.6. The monoisotopic (exact) mass is 248 g/mol. The van der Waals surface area contributed by atoms with Gasteiger partial charge in [-0.15, -0.1) is 0 Å². The summed E-state index contributed by atoms with van der Waals surface area (Å²) < 4.78 is 5.20. The highest BCUT2D eigenvalue weighted by Crippen LogP contribution is 2.22. The van der Waals surface area contributed by atoms with Gasteiger partial charge < -0.3 is 15.0 Å².